The molecule has 0 radical (unpaired) electrons. The number of rotatable bonds is 6. The minimum atomic E-state index is -3.58. The van der Waals surface area contributed by atoms with Gasteiger partial charge < -0.3 is 15.2 Å². The van der Waals surface area contributed by atoms with E-state index in [0.717, 1.165) is 19.4 Å². The van der Waals surface area contributed by atoms with Gasteiger partial charge in [-0.1, -0.05) is 0 Å². The fourth-order valence-corrected chi connectivity index (χ4v) is 3.39. The van der Waals surface area contributed by atoms with Crippen LogP contribution in [0.4, 0.5) is 5.69 Å². The van der Waals surface area contributed by atoms with Gasteiger partial charge in [0.25, 0.3) is 0 Å². The predicted octanol–water partition coefficient (Wildman–Crippen LogP) is 0.982. The van der Waals surface area contributed by atoms with Crippen molar-refractivity contribution < 1.29 is 17.9 Å². The number of hydrogen-bond acceptors (Lipinski definition) is 5. The molecule has 1 aliphatic rings. The lowest BCUT2D eigenvalue weighted by atomic mass is 10.1. The smallest absolute Gasteiger partial charge is 0.244 e. The van der Waals surface area contributed by atoms with Crippen LogP contribution in [0.2, 0.25) is 0 Å². The standard InChI is InChI=1S/C13H20N2O4S/c1-18-12-8-11(14)2-3-13(12)20(16,17)15-6-4-10-5-7-19-9-10/h2-3,8,10,15H,4-7,9,14H2,1H3. The van der Waals surface area contributed by atoms with Gasteiger partial charge in [-0.3, -0.25) is 0 Å². The number of nitrogen functional groups attached to an aromatic ring is 1. The molecule has 1 atom stereocenters. The first kappa shape index (κ1) is 15.1. The number of sulfonamides is 1. The molecule has 1 heterocycles. The first-order valence-corrected chi connectivity index (χ1v) is 8.02. The fourth-order valence-electron chi connectivity index (χ4n) is 2.19. The van der Waals surface area contributed by atoms with Gasteiger partial charge in [-0.2, -0.15) is 0 Å². The Morgan fingerprint density at radius 1 is 1.50 bits per heavy atom. The van der Waals surface area contributed by atoms with Crippen LogP contribution in [-0.2, 0) is 14.8 Å². The maximum Gasteiger partial charge on any atom is 0.244 e. The number of hydrogen-bond donors (Lipinski definition) is 2. The van der Waals surface area contributed by atoms with Crippen LogP contribution in [0, 0.1) is 5.92 Å². The first-order chi connectivity index (χ1) is 9.53. The monoisotopic (exact) mass is 300 g/mol. The Labute approximate surface area is 119 Å². The SMILES string of the molecule is COc1cc(N)ccc1S(=O)(=O)NCCC1CCOC1. The summed E-state index contributed by atoms with van der Waals surface area (Å²) in [6.45, 7) is 1.88. The normalized spacial score (nSPS) is 19.1. The van der Waals surface area contributed by atoms with Crippen molar-refractivity contribution in [3.8, 4) is 5.75 Å². The molecule has 112 valence electrons. The molecule has 0 aliphatic carbocycles. The quantitative estimate of drug-likeness (QED) is 0.764. The third kappa shape index (κ3) is 3.62. The van der Waals surface area contributed by atoms with Crippen molar-refractivity contribution in [2.75, 3.05) is 32.6 Å². The van der Waals surface area contributed by atoms with Gasteiger partial charge >= 0.3 is 0 Å². The van der Waals surface area contributed by atoms with E-state index in [4.69, 9.17) is 15.2 Å². The average Bonchev–Trinajstić information content (AvgIpc) is 2.91. The van der Waals surface area contributed by atoms with Crippen LogP contribution < -0.4 is 15.2 Å². The minimum Gasteiger partial charge on any atom is -0.495 e. The lowest BCUT2D eigenvalue weighted by Gasteiger charge is -2.12. The summed E-state index contributed by atoms with van der Waals surface area (Å²) < 4.78 is 37.4. The molecule has 1 aromatic rings. The highest BCUT2D eigenvalue weighted by Gasteiger charge is 2.21. The number of methoxy groups -OCH3 is 1. The van der Waals surface area contributed by atoms with Gasteiger partial charge in [0.15, 0.2) is 0 Å². The number of ether oxygens (including phenoxy) is 2. The van der Waals surface area contributed by atoms with Crippen molar-refractivity contribution in [2.45, 2.75) is 17.7 Å². The Balaban J connectivity index is 2.02. The number of anilines is 1. The maximum atomic E-state index is 12.2. The van der Waals surface area contributed by atoms with Gasteiger partial charge in [0.2, 0.25) is 10.0 Å². The molecule has 20 heavy (non-hydrogen) atoms. The zero-order valence-electron chi connectivity index (χ0n) is 11.5. The van der Waals surface area contributed by atoms with Gasteiger partial charge in [-0.25, -0.2) is 13.1 Å². The Hall–Kier alpha value is -1.31. The minimum absolute atomic E-state index is 0.108. The van der Waals surface area contributed by atoms with Crippen LogP contribution in [0.15, 0.2) is 23.1 Å². The third-order valence-corrected chi connectivity index (χ3v) is 4.85. The van der Waals surface area contributed by atoms with Crippen LogP contribution >= 0.6 is 0 Å². The molecular formula is C13H20N2O4S. The van der Waals surface area contributed by atoms with E-state index in [1.165, 1.54) is 19.2 Å². The molecule has 0 aromatic heterocycles. The summed E-state index contributed by atoms with van der Waals surface area (Å²) in [7, 11) is -2.16. The number of nitrogens with two attached hydrogens (primary N) is 1. The molecule has 2 rings (SSSR count). The van der Waals surface area contributed by atoms with Crippen molar-refractivity contribution in [2.24, 2.45) is 5.92 Å². The highest BCUT2D eigenvalue weighted by Crippen LogP contribution is 2.26. The number of nitrogens with one attached hydrogen (secondary N) is 1. The molecule has 1 fully saturated rings. The van der Waals surface area contributed by atoms with Crippen molar-refractivity contribution in [1.29, 1.82) is 0 Å². The van der Waals surface area contributed by atoms with E-state index in [0.29, 0.717) is 24.8 Å². The number of benzene rings is 1. The molecular weight excluding hydrogens is 280 g/mol. The lowest BCUT2D eigenvalue weighted by molar-refractivity contribution is 0.184. The van der Waals surface area contributed by atoms with Crippen molar-refractivity contribution >= 4 is 15.7 Å². The molecule has 1 saturated heterocycles. The molecule has 7 heteroatoms. The van der Waals surface area contributed by atoms with E-state index in [2.05, 4.69) is 4.72 Å². The summed E-state index contributed by atoms with van der Waals surface area (Å²) in [6.07, 6.45) is 1.77. The summed E-state index contributed by atoms with van der Waals surface area (Å²) in [5.74, 6) is 0.688. The second-order valence-corrected chi connectivity index (χ2v) is 6.56. The van der Waals surface area contributed by atoms with Crippen LogP contribution in [0.3, 0.4) is 0 Å². The lowest BCUT2D eigenvalue weighted by Crippen LogP contribution is -2.26. The zero-order valence-corrected chi connectivity index (χ0v) is 12.3. The Bertz CT molecular complexity index is 553. The van der Waals surface area contributed by atoms with E-state index < -0.39 is 10.0 Å². The second kappa shape index (κ2) is 6.43. The molecule has 0 saturated carbocycles. The summed E-state index contributed by atoms with van der Waals surface area (Å²) >= 11 is 0. The third-order valence-electron chi connectivity index (χ3n) is 3.35. The highest BCUT2D eigenvalue weighted by atomic mass is 32.2. The van der Waals surface area contributed by atoms with Gasteiger partial charge in [0.1, 0.15) is 10.6 Å². The van der Waals surface area contributed by atoms with E-state index in [1.54, 1.807) is 6.07 Å². The molecule has 1 aliphatic heterocycles. The maximum absolute atomic E-state index is 12.2. The van der Waals surface area contributed by atoms with Crippen LogP contribution in [0.25, 0.3) is 0 Å². The molecule has 3 N–H and O–H groups in total. The molecule has 1 aromatic carbocycles. The van der Waals surface area contributed by atoms with Crippen molar-refractivity contribution in [3.63, 3.8) is 0 Å². The largest absolute Gasteiger partial charge is 0.495 e. The van der Waals surface area contributed by atoms with E-state index in [1.807, 2.05) is 0 Å². The Kier molecular flexibility index (Phi) is 4.85. The summed E-state index contributed by atoms with van der Waals surface area (Å²) in [6, 6.07) is 4.50. The van der Waals surface area contributed by atoms with Crippen molar-refractivity contribution in [1.82, 2.24) is 4.72 Å². The Morgan fingerprint density at radius 3 is 2.95 bits per heavy atom. The van der Waals surface area contributed by atoms with E-state index in [-0.39, 0.29) is 10.6 Å². The van der Waals surface area contributed by atoms with Gasteiger partial charge in [0.05, 0.1) is 7.11 Å². The molecule has 6 nitrogen and oxygen atoms in total. The van der Waals surface area contributed by atoms with Crippen LogP contribution in [-0.4, -0.2) is 35.3 Å². The molecule has 0 amide bonds. The van der Waals surface area contributed by atoms with E-state index >= 15 is 0 Å². The first-order valence-electron chi connectivity index (χ1n) is 6.54. The Morgan fingerprint density at radius 2 is 2.30 bits per heavy atom. The van der Waals surface area contributed by atoms with E-state index in [9.17, 15) is 8.42 Å². The second-order valence-electron chi connectivity index (χ2n) is 4.83. The summed E-state index contributed by atoms with van der Waals surface area (Å²) in [5, 5.41) is 0. The molecule has 0 bridgehead atoms. The van der Waals surface area contributed by atoms with Crippen LogP contribution in [0.1, 0.15) is 12.8 Å². The molecule has 1 unspecified atom stereocenters. The summed E-state index contributed by atoms with van der Waals surface area (Å²) in [4.78, 5) is 0.108. The fraction of sp³-hybridized carbons (Fsp3) is 0.538. The predicted molar refractivity (Wildman–Crippen MR) is 76.1 cm³/mol. The van der Waals surface area contributed by atoms with Crippen molar-refractivity contribution in [3.05, 3.63) is 18.2 Å². The van der Waals surface area contributed by atoms with Crippen LogP contribution in [0.5, 0.6) is 5.75 Å². The summed E-state index contributed by atoms with van der Waals surface area (Å²) in [5.41, 5.74) is 6.08. The highest BCUT2D eigenvalue weighted by molar-refractivity contribution is 7.89. The average molecular weight is 300 g/mol. The van der Waals surface area contributed by atoms with Gasteiger partial charge in [-0.05, 0) is 30.9 Å². The van der Waals surface area contributed by atoms with Gasteiger partial charge in [-0.15, -0.1) is 0 Å². The molecule has 0 spiro atoms. The zero-order chi connectivity index (χ0) is 14.6. The topological polar surface area (TPSA) is 90.7 Å². The van der Waals surface area contributed by atoms with Gasteiger partial charge in [0, 0.05) is 31.5 Å².